The second-order valence-corrected chi connectivity index (χ2v) is 5.79. The van der Waals surface area contributed by atoms with Gasteiger partial charge in [0.2, 0.25) is 0 Å². The Bertz CT molecular complexity index is 571. The lowest BCUT2D eigenvalue weighted by Gasteiger charge is -2.19. The van der Waals surface area contributed by atoms with Gasteiger partial charge in [0.15, 0.2) is 0 Å². The van der Waals surface area contributed by atoms with Crippen LogP contribution in [0.1, 0.15) is 12.5 Å². The highest BCUT2D eigenvalue weighted by Crippen LogP contribution is 2.32. The number of alkyl halides is 1. The first-order valence-electron chi connectivity index (χ1n) is 5.43. The van der Waals surface area contributed by atoms with E-state index in [0.717, 1.165) is 4.90 Å². The maximum Gasteiger partial charge on any atom is 0.324 e. The zero-order valence-electron chi connectivity index (χ0n) is 9.96. The molecule has 1 unspecified atom stereocenters. The van der Waals surface area contributed by atoms with Gasteiger partial charge in [0.05, 0.1) is 5.69 Å². The summed E-state index contributed by atoms with van der Waals surface area (Å²) in [6.07, 6.45) is 2.39. The maximum atomic E-state index is 11.5. The number of rotatable bonds is 3. The van der Waals surface area contributed by atoms with E-state index in [2.05, 4.69) is 15.9 Å². The number of carboxylic acid groups (broad SMARTS) is 1. The van der Waals surface area contributed by atoms with Crippen molar-refractivity contribution in [1.29, 1.82) is 0 Å². The van der Waals surface area contributed by atoms with Gasteiger partial charge in [0.1, 0.15) is 4.32 Å². The van der Waals surface area contributed by atoms with E-state index in [4.69, 9.17) is 5.11 Å². The van der Waals surface area contributed by atoms with E-state index in [1.54, 1.807) is 24.3 Å². The minimum absolute atomic E-state index is 0.405. The Morgan fingerprint density at radius 1 is 1.16 bits per heavy atom. The molecule has 19 heavy (non-hydrogen) atoms. The highest BCUT2D eigenvalue weighted by atomic mass is 79.9. The third kappa shape index (κ3) is 2.31. The molecule has 1 aromatic rings. The van der Waals surface area contributed by atoms with Crippen LogP contribution in [0.25, 0.3) is 0 Å². The summed E-state index contributed by atoms with van der Waals surface area (Å²) in [6, 6.07) is 6.22. The zero-order chi connectivity index (χ0) is 14.2. The van der Waals surface area contributed by atoms with Crippen LogP contribution in [-0.4, -0.2) is 22.9 Å². The van der Waals surface area contributed by atoms with Crippen molar-refractivity contribution in [2.75, 3.05) is 4.90 Å². The predicted octanol–water partition coefficient (Wildman–Crippen LogP) is 1.81. The molecule has 2 rings (SSSR count). The van der Waals surface area contributed by atoms with Gasteiger partial charge in [0, 0.05) is 12.2 Å². The van der Waals surface area contributed by atoms with Crippen molar-refractivity contribution in [3.8, 4) is 0 Å². The molecule has 5 nitrogen and oxygen atoms in total. The molecule has 1 heterocycles. The molecular formula is C13H10BrNO4. The number of nitrogens with zero attached hydrogens (tertiary/aromatic N) is 1. The van der Waals surface area contributed by atoms with Crippen LogP contribution >= 0.6 is 15.9 Å². The number of amides is 2. The molecule has 6 heteroatoms. The van der Waals surface area contributed by atoms with Gasteiger partial charge >= 0.3 is 5.97 Å². The van der Waals surface area contributed by atoms with Crippen LogP contribution in [0.15, 0.2) is 36.4 Å². The number of halogens is 1. The first kappa shape index (κ1) is 13.5. The Morgan fingerprint density at radius 2 is 1.63 bits per heavy atom. The van der Waals surface area contributed by atoms with Gasteiger partial charge in [-0.2, -0.15) is 0 Å². The molecule has 1 aliphatic heterocycles. The lowest BCUT2D eigenvalue weighted by atomic mass is 10.0. The number of carboxylic acids is 1. The fraction of sp³-hybridized carbons (Fsp3) is 0.154. The van der Waals surface area contributed by atoms with E-state index in [9.17, 15) is 14.4 Å². The smallest absolute Gasteiger partial charge is 0.324 e. The minimum Gasteiger partial charge on any atom is -0.480 e. The van der Waals surface area contributed by atoms with Crippen LogP contribution in [0.3, 0.4) is 0 Å². The fourth-order valence-corrected chi connectivity index (χ4v) is 1.97. The summed E-state index contributed by atoms with van der Waals surface area (Å²) in [7, 11) is 0. The fourth-order valence-electron chi connectivity index (χ4n) is 1.70. The number of imide groups is 1. The molecule has 0 bridgehead atoms. The molecule has 98 valence electrons. The van der Waals surface area contributed by atoms with E-state index in [0.29, 0.717) is 11.3 Å². The van der Waals surface area contributed by atoms with Crippen LogP contribution in [-0.2, 0) is 18.7 Å². The molecule has 0 saturated heterocycles. The number of carbonyl (C=O) groups excluding carboxylic acids is 2. The van der Waals surface area contributed by atoms with E-state index in [1.165, 1.54) is 19.1 Å². The standard InChI is InChI=1S/C13H10BrNO4/c1-13(14,12(18)19)8-2-4-9(5-3-8)15-10(16)6-7-11(15)17/h2-7H,1H3,(H,18,19). The number of hydrogen-bond acceptors (Lipinski definition) is 3. The Kier molecular flexibility index (Phi) is 3.28. The summed E-state index contributed by atoms with van der Waals surface area (Å²) in [5, 5.41) is 9.08. The molecule has 0 aliphatic carbocycles. The quantitative estimate of drug-likeness (QED) is 0.680. The number of hydrogen-bond donors (Lipinski definition) is 1. The molecule has 1 aromatic carbocycles. The maximum absolute atomic E-state index is 11.5. The lowest BCUT2D eigenvalue weighted by Crippen LogP contribution is -2.30. The molecule has 0 fully saturated rings. The summed E-state index contributed by atoms with van der Waals surface area (Å²) in [5.74, 6) is -1.83. The molecule has 1 atom stereocenters. The highest BCUT2D eigenvalue weighted by molar-refractivity contribution is 9.10. The van der Waals surface area contributed by atoms with Crippen molar-refractivity contribution in [3.63, 3.8) is 0 Å². The average Bonchev–Trinajstić information content (AvgIpc) is 2.69. The molecule has 0 radical (unpaired) electrons. The van der Waals surface area contributed by atoms with Gasteiger partial charge in [-0.15, -0.1) is 0 Å². The van der Waals surface area contributed by atoms with E-state index in [1.807, 2.05) is 0 Å². The second kappa shape index (κ2) is 4.62. The second-order valence-electron chi connectivity index (χ2n) is 4.20. The summed E-state index contributed by atoms with van der Waals surface area (Å²) in [5.41, 5.74) is 0.938. The number of benzene rings is 1. The van der Waals surface area contributed by atoms with Crippen molar-refractivity contribution in [3.05, 3.63) is 42.0 Å². The zero-order valence-corrected chi connectivity index (χ0v) is 11.5. The Labute approximate surface area is 117 Å². The third-order valence-corrected chi connectivity index (χ3v) is 3.68. The molecule has 0 saturated carbocycles. The summed E-state index contributed by atoms with van der Waals surface area (Å²) < 4.78 is -1.21. The van der Waals surface area contributed by atoms with Crippen LogP contribution < -0.4 is 4.90 Å². The van der Waals surface area contributed by atoms with Gasteiger partial charge in [-0.3, -0.25) is 14.4 Å². The Morgan fingerprint density at radius 3 is 2.05 bits per heavy atom. The van der Waals surface area contributed by atoms with Gasteiger partial charge < -0.3 is 5.11 Å². The topological polar surface area (TPSA) is 74.7 Å². The summed E-state index contributed by atoms with van der Waals surface area (Å²) in [6.45, 7) is 1.51. The van der Waals surface area contributed by atoms with E-state index < -0.39 is 22.1 Å². The molecule has 1 aliphatic rings. The van der Waals surface area contributed by atoms with Gasteiger partial charge in [0.25, 0.3) is 11.8 Å². The average molecular weight is 324 g/mol. The molecule has 0 spiro atoms. The van der Waals surface area contributed by atoms with Crippen molar-refractivity contribution in [2.24, 2.45) is 0 Å². The number of aliphatic carboxylic acids is 1. The minimum atomic E-state index is -1.21. The van der Waals surface area contributed by atoms with Gasteiger partial charge in [-0.05, 0) is 24.6 Å². The molecule has 1 N–H and O–H groups in total. The SMILES string of the molecule is CC(Br)(C(=O)O)c1ccc(N2C(=O)C=CC2=O)cc1. The van der Waals surface area contributed by atoms with Crippen molar-refractivity contribution in [2.45, 2.75) is 11.2 Å². The molecular weight excluding hydrogens is 314 g/mol. The third-order valence-electron chi connectivity index (χ3n) is 2.88. The van der Waals surface area contributed by atoms with Crippen LogP contribution in [0.5, 0.6) is 0 Å². The van der Waals surface area contributed by atoms with E-state index in [-0.39, 0.29) is 0 Å². The molecule has 0 aromatic heterocycles. The molecule has 2 amide bonds. The predicted molar refractivity (Wildman–Crippen MR) is 72.0 cm³/mol. The Hall–Kier alpha value is -1.95. The summed E-state index contributed by atoms with van der Waals surface area (Å²) in [4.78, 5) is 35.1. The first-order chi connectivity index (χ1) is 8.84. The van der Waals surface area contributed by atoms with Crippen molar-refractivity contribution in [1.82, 2.24) is 0 Å². The summed E-state index contributed by atoms with van der Waals surface area (Å²) >= 11 is 3.13. The normalized spacial score (nSPS) is 17.7. The highest BCUT2D eigenvalue weighted by Gasteiger charge is 2.32. The largest absolute Gasteiger partial charge is 0.480 e. The monoisotopic (exact) mass is 323 g/mol. The lowest BCUT2D eigenvalue weighted by molar-refractivity contribution is -0.139. The van der Waals surface area contributed by atoms with Crippen molar-refractivity contribution >= 4 is 39.4 Å². The van der Waals surface area contributed by atoms with Crippen molar-refractivity contribution < 1.29 is 19.5 Å². The number of carbonyl (C=O) groups is 3. The Balaban J connectivity index is 2.32. The van der Waals surface area contributed by atoms with Gasteiger partial charge in [-0.25, -0.2) is 4.90 Å². The van der Waals surface area contributed by atoms with Crippen LogP contribution in [0.4, 0.5) is 5.69 Å². The van der Waals surface area contributed by atoms with Gasteiger partial charge in [-0.1, -0.05) is 28.1 Å². The van der Waals surface area contributed by atoms with Crippen LogP contribution in [0, 0.1) is 0 Å². The van der Waals surface area contributed by atoms with E-state index >= 15 is 0 Å². The first-order valence-corrected chi connectivity index (χ1v) is 6.22. The number of anilines is 1. The van der Waals surface area contributed by atoms with Crippen LogP contribution in [0.2, 0.25) is 0 Å².